The minimum Gasteiger partial charge on any atom is -0.361 e. The molecule has 228 valence electrons. The summed E-state index contributed by atoms with van der Waals surface area (Å²) < 4.78 is 0. The van der Waals surface area contributed by atoms with Crippen molar-refractivity contribution in [3.05, 3.63) is 36.0 Å². The number of hydrogen-bond donors (Lipinski definition) is 7. The summed E-state index contributed by atoms with van der Waals surface area (Å²) in [7, 11) is 3.45. The van der Waals surface area contributed by atoms with Gasteiger partial charge in [0.1, 0.15) is 12.1 Å². The van der Waals surface area contributed by atoms with Gasteiger partial charge in [0.05, 0.1) is 13.1 Å². The Morgan fingerprint density at radius 3 is 2.27 bits per heavy atom. The number of nitrogens with one attached hydrogen (secondary N) is 7. The summed E-state index contributed by atoms with van der Waals surface area (Å²) in [5.41, 5.74) is 1.88. The zero-order valence-electron chi connectivity index (χ0n) is 24.9. The van der Waals surface area contributed by atoms with Gasteiger partial charge in [-0.25, -0.2) is 0 Å². The predicted octanol–water partition coefficient (Wildman–Crippen LogP) is 1.49. The molecule has 0 radical (unpaired) electrons. The number of aromatic amines is 1. The largest absolute Gasteiger partial charge is 0.361 e. The Morgan fingerprint density at radius 1 is 0.756 bits per heavy atom. The van der Waals surface area contributed by atoms with Gasteiger partial charge in [0.15, 0.2) is 0 Å². The molecule has 1 aromatic heterocycles. The van der Waals surface area contributed by atoms with Gasteiger partial charge in [-0.3, -0.25) is 19.2 Å². The summed E-state index contributed by atoms with van der Waals surface area (Å²) in [4.78, 5) is 54.3. The van der Waals surface area contributed by atoms with E-state index >= 15 is 0 Å². The van der Waals surface area contributed by atoms with Crippen molar-refractivity contribution in [2.75, 3.05) is 40.3 Å². The Balaban J connectivity index is 2.10. The van der Waals surface area contributed by atoms with Crippen LogP contribution in [0, 0.1) is 0 Å². The molecule has 0 aliphatic carbocycles. The second-order valence-electron chi connectivity index (χ2n) is 10.4. The second kappa shape index (κ2) is 19.6. The topological polar surface area (TPSA) is 156 Å². The molecule has 2 aromatic rings. The molecule has 2 rings (SSSR count). The van der Waals surface area contributed by atoms with Crippen LogP contribution in [0.25, 0.3) is 10.9 Å². The molecular formula is C30H49N7O4. The van der Waals surface area contributed by atoms with Crippen LogP contribution in [-0.4, -0.2) is 81.0 Å². The van der Waals surface area contributed by atoms with Crippen molar-refractivity contribution >= 4 is 34.5 Å². The van der Waals surface area contributed by atoms with E-state index in [9.17, 15) is 19.2 Å². The van der Waals surface area contributed by atoms with E-state index in [1.54, 1.807) is 7.05 Å². The highest BCUT2D eigenvalue weighted by molar-refractivity contribution is 5.94. The lowest BCUT2D eigenvalue weighted by Gasteiger charge is -2.23. The van der Waals surface area contributed by atoms with Gasteiger partial charge in [0.25, 0.3) is 0 Å². The fraction of sp³-hybridized carbons (Fsp3) is 0.600. The molecule has 0 aliphatic heterocycles. The van der Waals surface area contributed by atoms with Crippen LogP contribution < -0.4 is 31.9 Å². The Morgan fingerprint density at radius 2 is 1.51 bits per heavy atom. The van der Waals surface area contributed by atoms with E-state index in [0.717, 1.165) is 35.7 Å². The SMILES string of the molecule is CCCCCCCCNC(=O)C(Cc1c[nH]c2ccccc12)NC(=O)[C@H](CCCNC)NC(=O)CNC(=O)CNC. The van der Waals surface area contributed by atoms with E-state index < -0.39 is 23.9 Å². The van der Waals surface area contributed by atoms with Crippen LogP contribution in [-0.2, 0) is 25.6 Å². The van der Waals surface area contributed by atoms with Gasteiger partial charge >= 0.3 is 0 Å². The number of unbranched alkanes of at least 4 members (excludes halogenated alkanes) is 5. The van der Waals surface area contributed by atoms with E-state index in [0.29, 0.717) is 32.4 Å². The van der Waals surface area contributed by atoms with Crippen LogP contribution in [0.3, 0.4) is 0 Å². The second-order valence-corrected chi connectivity index (χ2v) is 10.4. The highest BCUT2D eigenvalue weighted by Crippen LogP contribution is 2.19. The van der Waals surface area contributed by atoms with Crippen molar-refractivity contribution in [3.63, 3.8) is 0 Å². The fourth-order valence-electron chi connectivity index (χ4n) is 4.64. The Bertz CT molecular complexity index is 1090. The minimum atomic E-state index is -0.853. The van der Waals surface area contributed by atoms with Gasteiger partial charge in [0, 0.05) is 30.1 Å². The highest BCUT2D eigenvalue weighted by atomic mass is 16.2. The lowest BCUT2D eigenvalue weighted by molar-refractivity contribution is -0.132. The molecule has 0 spiro atoms. The molecule has 0 saturated heterocycles. The van der Waals surface area contributed by atoms with E-state index in [1.165, 1.54) is 19.3 Å². The van der Waals surface area contributed by atoms with Crippen LogP contribution in [0.1, 0.15) is 63.9 Å². The zero-order valence-corrected chi connectivity index (χ0v) is 24.9. The van der Waals surface area contributed by atoms with Crippen LogP contribution in [0.15, 0.2) is 30.5 Å². The number of carbonyl (C=O) groups is 4. The van der Waals surface area contributed by atoms with Crippen molar-refractivity contribution in [1.82, 2.24) is 36.9 Å². The van der Waals surface area contributed by atoms with E-state index in [1.807, 2.05) is 37.5 Å². The van der Waals surface area contributed by atoms with Gasteiger partial charge in [-0.05, 0) is 51.5 Å². The first-order valence-electron chi connectivity index (χ1n) is 14.9. The third kappa shape index (κ3) is 12.7. The molecule has 7 N–H and O–H groups in total. The van der Waals surface area contributed by atoms with Gasteiger partial charge in [-0.15, -0.1) is 0 Å². The third-order valence-corrected chi connectivity index (χ3v) is 6.92. The molecule has 4 amide bonds. The fourth-order valence-corrected chi connectivity index (χ4v) is 4.64. The summed E-state index contributed by atoms with van der Waals surface area (Å²) in [6.45, 7) is 3.23. The standard InChI is InChI=1S/C30H49N7O4/c1-4-5-6-7-8-11-17-33-29(40)26(18-22-19-34-24-14-10-9-13-23(22)24)37-30(41)25(15-12-16-31-2)36-28(39)21-35-27(38)20-32-3/h9-10,13-14,19,25-26,31-32,34H,4-8,11-12,15-18,20-21H2,1-3H3,(H,33,40)(H,35,38)(H,36,39)(H,37,41)/t25-,26?/m0/s1. The van der Waals surface area contributed by atoms with Crippen LogP contribution in [0.5, 0.6) is 0 Å². The first-order chi connectivity index (χ1) is 19.9. The summed E-state index contributed by atoms with van der Waals surface area (Å²) >= 11 is 0. The Kier molecular flexibility index (Phi) is 16.1. The molecule has 0 aliphatic rings. The summed E-state index contributed by atoms with van der Waals surface area (Å²) in [5, 5.41) is 17.9. The van der Waals surface area contributed by atoms with Crippen LogP contribution in [0.4, 0.5) is 0 Å². The van der Waals surface area contributed by atoms with Gasteiger partial charge in [0.2, 0.25) is 23.6 Å². The molecule has 41 heavy (non-hydrogen) atoms. The monoisotopic (exact) mass is 571 g/mol. The molecule has 1 unspecified atom stereocenters. The van der Waals surface area contributed by atoms with E-state index in [2.05, 4.69) is 43.8 Å². The molecule has 11 heteroatoms. The molecule has 0 fully saturated rings. The number of benzene rings is 1. The number of rotatable bonds is 21. The Labute approximate surface area is 243 Å². The molecular weight excluding hydrogens is 522 g/mol. The number of aromatic nitrogens is 1. The van der Waals surface area contributed by atoms with Crippen molar-refractivity contribution in [3.8, 4) is 0 Å². The van der Waals surface area contributed by atoms with Gasteiger partial charge < -0.3 is 36.9 Å². The highest BCUT2D eigenvalue weighted by Gasteiger charge is 2.27. The van der Waals surface area contributed by atoms with Crippen molar-refractivity contribution < 1.29 is 19.2 Å². The van der Waals surface area contributed by atoms with Gasteiger partial charge in [-0.2, -0.15) is 0 Å². The Hall–Kier alpha value is -3.44. The van der Waals surface area contributed by atoms with E-state index in [-0.39, 0.29) is 24.9 Å². The lowest BCUT2D eigenvalue weighted by Crippen LogP contribution is -2.55. The molecule has 0 bridgehead atoms. The number of carbonyl (C=O) groups excluding carboxylic acids is 4. The van der Waals surface area contributed by atoms with E-state index in [4.69, 9.17) is 0 Å². The normalized spacial score (nSPS) is 12.5. The summed E-state index contributed by atoms with van der Waals surface area (Å²) in [5.74, 6) is -1.48. The number of likely N-dealkylation sites (N-methyl/N-ethyl adjacent to an activating group) is 1. The predicted molar refractivity (Wildman–Crippen MR) is 162 cm³/mol. The smallest absolute Gasteiger partial charge is 0.243 e. The number of H-pyrrole nitrogens is 1. The molecule has 1 aromatic carbocycles. The minimum absolute atomic E-state index is 0.0860. The van der Waals surface area contributed by atoms with Crippen molar-refractivity contribution in [1.29, 1.82) is 0 Å². The average Bonchev–Trinajstić information content (AvgIpc) is 3.37. The number of hydrogen-bond acceptors (Lipinski definition) is 6. The first kappa shape index (κ1) is 33.8. The molecule has 11 nitrogen and oxygen atoms in total. The van der Waals surface area contributed by atoms with Crippen molar-refractivity contribution in [2.45, 2.75) is 76.8 Å². The van der Waals surface area contributed by atoms with Gasteiger partial charge in [-0.1, -0.05) is 57.2 Å². The first-order valence-corrected chi connectivity index (χ1v) is 14.9. The maximum atomic E-state index is 13.5. The maximum Gasteiger partial charge on any atom is 0.243 e. The van der Waals surface area contributed by atoms with Crippen LogP contribution >= 0.6 is 0 Å². The lowest BCUT2D eigenvalue weighted by atomic mass is 10.0. The third-order valence-electron chi connectivity index (χ3n) is 6.92. The number of fused-ring (bicyclic) bond motifs is 1. The number of para-hydroxylation sites is 1. The summed E-state index contributed by atoms with van der Waals surface area (Å²) in [6, 6.07) is 6.16. The summed E-state index contributed by atoms with van der Waals surface area (Å²) in [6.07, 6.45) is 9.86. The molecule has 2 atom stereocenters. The number of amides is 4. The molecule has 0 saturated carbocycles. The van der Waals surface area contributed by atoms with Crippen molar-refractivity contribution in [2.24, 2.45) is 0 Å². The molecule has 1 heterocycles. The maximum absolute atomic E-state index is 13.5. The zero-order chi connectivity index (χ0) is 29.9. The van der Waals surface area contributed by atoms with Crippen LogP contribution in [0.2, 0.25) is 0 Å². The quantitative estimate of drug-likeness (QED) is 0.113. The average molecular weight is 572 g/mol.